The minimum atomic E-state index is -0.134. The molecule has 0 atom stereocenters. The lowest BCUT2D eigenvalue weighted by molar-refractivity contribution is -0.121. The molecule has 1 N–H and O–H groups in total. The molecule has 2 aromatic rings. The number of fused-ring (bicyclic) bond motifs is 1. The highest BCUT2D eigenvalue weighted by atomic mass is 16.5. The molecule has 0 saturated carbocycles. The van der Waals surface area contributed by atoms with Gasteiger partial charge in [0.1, 0.15) is 18.1 Å². The Balaban J connectivity index is 1.68. The molecule has 1 aliphatic heterocycles. The molecule has 0 aliphatic carbocycles. The second-order valence-electron chi connectivity index (χ2n) is 7.32. The summed E-state index contributed by atoms with van der Waals surface area (Å²) in [7, 11) is 0. The number of ether oxygens (including phenoxy) is 2. The van der Waals surface area contributed by atoms with Gasteiger partial charge in [0, 0.05) is 12.1 Å². The first kappa shape index (κ1) is 19.7. The van der Waals surface area contributed by atoms with Crippen molar-refractivity contribution in [3.63, 3.8) is 0 Å². The highest BCUT2D eigenvalue weighted by Crippen LogP contribution is 2.34. The number of amides is 2. The molecule has 0 aromatic heterocycles. The summed E-state index contributed by atoms with van der Waals surface area (Å²) in [5, 5.41) is 2.88. The van der Waals surface area contributed by atoms with Gasteiger partial charge in [-0.3, -0.25) is 9.59 Å². The van der Waals surface area contributed by atoms with Crippen LogP contribution in [-0.4, -0.2) is 31.6 Å². The zero-order valence-corrected chi connectivity index (χ0v) is 16.5. The molecule has 1 aliphatic rings. The number of hydrogen-bond acceptors (Lipinski definition) is 4. The normalized spacial score (nSPS) is 13.1. The van der Waals surface area contributed by atoms with Gasteiger partial charge in [-0.15, -0.1) is 0 Å². The van der Waals surface area contributed by atoms with Crippen LogP contribution in [0.2, 0.25) is 0 Å². The number of aryl methyl sites for hydroxylation is 1. The molecule has 0 spiro atoms. The lowest BCUT2D eigenvalue weighted by Crippen LogP contribution is -2.41. The summed E-state index contributed by atoms with van der Waals surface area (Å²) in [5.74, 6) is 1.48. The number of nitrogens with one attached hydrogen (secondary N) is 1. The van der Waals surface area contributed by atoms with Gasteiger partial charge in [-0.1, -0.05) is 31.5 Å². The predicted molar refractivity (Wildman–Crippen MR) is 109 cm³/mol. The van der Waals surface area contributed by atoms with Crippen molar-refractivity contribution in [3.8, 4) is 11.5 Å². The van der Waals surface area contributed by atoms with Gasteiger partial charge >= 0.3 is 0 Å². The average molecular weight is 382 g/mol. The summed E-state index contributed by atoms with van der Waals surface area (Å²) in [6, 6.07) is 13.1. The van der Waals surface area contributed by atoms with Crippen molar-refractivity contribution in [2.75, 3.05) is 30.0 Å². The summed E-state index contributed by atoms with van der Waals surface area (Å²) in [6.45, 7) is 6.76. The quantitative estimate of drug-likeness (QED) is 0.791. The zero-order chi connectivity index (χ0) is 20.1. The van der Waals surface area contributed by atoms with E-state index in [1.54, 1.807) is 23.1 Å². The number of benzene rings is 2. The smallest absolute Gasteiger partial charge is 0.265 e. The number of rotatable bonds is 7. The number of anilines is 2. The van der Waals surface area contributed by atoms with E-state index in [1.165, 1.54) is 0 Å². The first-order chi connectivity index (χ1) is 13.4. The molecular formula is C22H26N2O4. The number of nitrogens with zero attached hydrogens (tertiary/aromatic N) is 1. The summed E-state index contributed by atoms with van der Waals surface area (Å²) >= 11 is 0. The third-order valence-corrected chi connectivity index (χ3v) is 4.38. The van der Waals surface area contributed by atoms with Crippen molar-refractivity contribution in [1.29, 1.82) is 0 Å². The second-order valence-corrected chi connectivity index (χ2v) is 7.32. The van der Waals surface area contributed by atoms with E-state index >= 15 is 0 Å². The van der Waals surface area contributed by atoms with Crippen LogP contribution in [-0.2, 0) is 9.59 Å². The van der Waals surface area contributed by atoms with E-state index in [0.29, 0.717) is 36.7 Å². The standard InChI is InChI=1S/C22H26N2O4/c1-15(2)12-21(25)23-17-6-9-20-19(13-17)24(22(26)14-28-20)10-11-27-18-7-4-16(3)5-8-18/h4-9,13,15H,10-12,14H2,1-3H3,(H,23,25). The molecule has 0 fully saturated rings. The summed E-state index contributed by atoms with van der Waals surface area (Å²) in [6.07, 6.45) is 0.445. The van der Waals surface area contributed by atoms with Crippen LogP contribution in [0.5, 0.6) is 11.5 Å². The van der Waals surface area contributed by atoms with E-state index < -0.39 is 0 Å². The van der Waals surface area contributed by atoms with E-state index in [2.05, 4.69) is 5.32 Å². The molecule has 28 heavy (non-hydrogen) atoms. The Morgan fingerprint density at radius 3 is 2.68 bits per heavy atom. The predicted octanol–water partition coefficient (Wildman–Crippen LogP) is 3.78. The van der Waals surface area contributed by atoms with Crippen molar-refractivity contribution < 1.29 is 19.1 Å². The maximum Gasteiger partial charge on any atom is 0.265 e. The Morgan fingerprint density at radius 2 is 1.96 bits per heavy atom. The summed E-state index contributed by atoms with van der Waals surface area (Å²) in [4.78, 5) is 26.1. The van der Waals surface area contributed by atoms with Crippen LogP contribution in [0.1, 0.15) is 25.8 Å². The topological polar surface area (TPSA) is 67.9 Å². The van der Waals surface area contributed by atoms with Crippen LogP contribution in [0.25, 0.3) is 0 Å². The Kier molecular flexibility index (Phi) is 6.19. The average Bonchev–Trinajstić information content (AvgIpc) is 2.64. The van der Waals surface area contributed by atoms with Crippen molar-refractivity contribution in [2.24, 2.45) is 5.92 Å². The van der Waals surface area contributed by atoms with Gasteiger partial charge in [0.15, 0.2) is 6.61 Å². The van der Waals surface area contributed by atoms with Gasteiger partial charge in [0.25, 0.3) is 5.91 Å². The molecule has 0 saturated heterocycles. The summed E-state index contributed by atoms with van der Waals surface area (Å²) in [5.41, 5.74) is 2.45. The Labute approximate surface area is 165 Å². The molecule has 3 rings (SSSR count). The molecule has 6 nitrogen and oxygen atoms in total. The van der Waals surface area contributed by atoms with Crippen LogP contribution in [0, 0.1) is 12.8 Å². The number of carbonyl (C=O) groups excluding carboxylic acids is 2. The summed E-state index contributed by atoms with van der Waals surface area (Å²) < 4.78 is 11.3. The van der Waals surface area contributed by atoms with Crippen molar-refractivity contribution in [1.82, 2.24) is 0 Å². The third-order valence-electron chi connectivity index (χ3n) is 4.38. The van der Waals surface area contributed by atoms with E-state index in [9.17, 15) is 9.59 Å². The first-order valence-corrected chi connectivity index (χ1v) is 9.49. The number of carbonyl (C=O) groups is 2. The molecule has 6 heteroatoms. The van der Waals surface area contributed by atoms with Gasteiger partial charge < -0.3 is 19.7 Å². The fraction of sp³-hybridized carbons (Fsp3) is 0.364. The lowest BCUT2D eigenvalue weighted by atomic mass is 10.1. The van der Waals surface area contributed by atoms with Crippen molar-refractivity contribution >= 4 is 23.2 Å². The maximum atomic E-state index is 12.4. The Hall–Kier alpha value is -3.02. The fourth-order valence-corrected chi connectivity index (χ4v) is 3.00. The Morgan fingerprint density at radius 1 is 1.21 bits per heavy atom. The first-order valence-electron chi connectivity index (χ1n) is 9.49. The third kappa shape index (κ3) is 5.03. The van der Waals surface area contributed by atoms with Gasteiger partial charge in [-0.05, 0) is 43.2 Å². The highest BCUT2D eigenvalue weighted by Gasteiger charge is 2.26. The SMILES string of the molecule is Cc1ccc(OCCN2C(=O)COc3ccc(NC(=O)CC(C)C)cc32)cc1. The molecule has 1 heterocycles. The van der Waals surface area contributed by atoms with Gasteiger partial charge in [0.05, 0.1) is 12.2 Å². The Bertz CT molecular complexity index is 846. The van der Waals surface area contributed by atoms with Crippen LogP contribution < -0.4 is 19.7 Å². The van der Waals surface area contributed by atoms with E-state index in [0.717, 1.165) is 11.3 Å². The zero-order valence-electron chi connectivity index (χ0n) is 16.5. The minimum absolute atomic E-state index is 0.00339. The van der Waals surface area contributed by atoms with E-state index in [4.69, 9.17) is 9.47 Å². The van der Waals surface area contributed by atoms with E-state index in [-0.39, 0.29) is 24.3 Å². The highest BCUT2D eigenvalue weighted by molar-refractivity contribution is 5.99. The van der Waals surface area contributed by atoms with Gasteiger partial charge in [-0.25, -0.2) is 0 Å². The van der Waals surface area contributed by atoms with Crippen LogP contribution in [0.3, 0.4) is 0 Å². The lowest BCUT2D eigenvalue weighted by Gasteiger charge is -2.29. The van der Waals surface area contributed by atoms with E-state index in [1.807, 2.05) is 45.0 Å². The minimum Gasteiger partial charge on any atom is -0.492 e. The second kappa shape index (κ2) is 8.78. The van der Waals surface area contributed by atoms with Crippen molar-refractivity contribution in [3.05, 3.63) is 48.0 Å². The van der Waals surface area contributed by atoms with Gasteiger partial charge in [-0.2, -0.15) is 0 Å². The molecular weight excluding hydrogens is 356 g/mol. The van der Waals surface area contributed by atoms with Crippen molar-refractivity contribution in [2.45, 2.75) is 27.2 Å². The molecule has 0 unspecified atom stereocenters. The number of hydrogen-bond donors (Lipinski definition) is 1. The van der Waals surface area contributed by atoms with Crippen LogP contribution in [0.4, 0.5) is 11.4 Å². The molecule has 0 bridgehead atoms. The fourth-order valence-electron chi connectivity index (χ4n) is 3.00. The van der Waals surface area contributed by atoms with Crippen LogP contribution >= 0.6 is 0 Å². The van der Waals surface area contributed by atoms with Gasteiger partial charge in [0.2, 0.25) is 5.91 Å². The maximum absolute atomic E-state index is 12.4. The largest absolute Gasteiger partial charge is 0.492 e. The molecule has 2 aromatic carbocycles. The van der Waals surface area contributed by atoms with Crippen LogP contribution in [0.15, 0.2) is 42.5 Å². The molecule has 2 amide bonds. The monoisotopic (exact) mass is 382 g/mol. The molecule has 0 radical (unpaired) electrons. The molecule has 148 valence electrons.